The normalized spacial score (nSPS) is 13.5. The van der Waals surface area contributed by atoms with Gasteiger partial charge in [-0.1, -0.05) is 24.6 Å². The summed E-state index contributed by atoms with van der Waals surface area (Å²) in [5, 5.41) is 2.53. The SMILES string of the molecule is CCCOC(=O)c1ccc(NC2=C(Cl)C(=O)N(c3cccc(C(=O)OC)c3)C2=O)cc1. The lowest BCUT2D eigenvalue weighted by atomic mass is 10.2. The van der Waals surface area contributed by atoms with Crippen LogP contribution in [-0.2, 0) is 19.1 Å². The van der Waals surface area contributed by atoms with Gasteiger partial charge in [0.05, 0.1) is 30.5 Å². The van der Waals surface area contributed by atoms with Crippen LogP contribution in [0.1, 0.15) is 34.1 Å². The zero-order chi connectivity index (χ0) is 22.5. The molecule has 0 atom stereocenters. The summed E-state index contributed by atoms with van der Waals surface area (Å²) in [4.78, 5) is 50.0. The van der Waals surface area contributed by atoms with Gasteiger partial charge in [-0.25, -0.2) is 14.5 Å². The van der Waals surface area contributed by atoms with Crippen LogP contribution in [0.25, 0.3) is 0 Å². The summed E-state index contributed by atoms with van der Waals surface area (Å²) >= 11 is 6.13. The lowest BCUT2D eigenvalue weighted by molar-refractivity contribution is -0.120. The molecule has 1 heterocycles. The molecule has 0 fully saturated rings. The number of methoxy groups -OCH3 is 1. The Balaban J connectivity index is 1.79. The van der Waals surface area contributed by atoms with E-state index in [0.717, 1.165) is 4.90 Å². The largest absolute Gasteiger partial charge is 0.465 e. The quantitative estimate of drug-likeness (QED) is 0.517. The number of carbonyl (C=O) groups excluding carboxylic acids is 4. The van der Waals surface area contributed by atoms with Crippen molar-refractivity contribution in [2.75, 3.05) is 23.9 Å². The summed E-state index contributed by atoms with van der Waals surface area (Å²) in [6.07, 6.45) is 0.715. The highest BCUT2D eigenvalue weighted by atomic mass is 35.5. The summed E-state index contributed by atoms with van der Waals surface area (Å²) in [7, 11) is 1.23. The number of esters is 2. The number of rotatable bonds is 7. The summed E-state index contributed by atoms with van der Waals surface area (Å²) in [6, 6.07) is 12.1. The highest BCUT2D eigenvalue weighted by Gasteiger charge is 2.39. The summed E-state index contributed by atoms with van der Waals surface area (Å²) < 4.78 is 9.74. The number of benzene rings is 2. The molecule has 2 aromatic rings. The molecule has 31 heavy (non-hydrogen) atoms. The van der Waals surface area contributed by atoms with Crippen LogP contribution in [0.3, 0.4) is 0 Å². The topological polar surface area (TPSA) is 102 Å². The second-order valence-electron chi connectivity index (χ2n) is 6.51. The molecule has 2 amide bonds. The van der Waals surface area contributed by atoms with Gasteiger partial charge in [-0.15, -0.1) is 0 Å². The Kier molecular flexibility index (Phi) is 6.71. The fourth-order valence-corrected chi connectivity index (χ4v) is 3.06. The maximum absolute atomic E-state index is 12.9. The first-order valence-corrected chi connectivity index (χ1v) is 9.76. The Morgan fingerprint density at radius 3 is 2.35 bits per heavy atom. The van der Waals surface area contributed by atoms with Gasteiger partial charge in [-0.3, -0.25) is 9.59 Å². The smallest absolute Gasteiger partial charge is 0.338 e. The molecule has 9 heteroatoms. The molecular weight excluding hydrogens is 424 g/mol. The van der Waals surface area contributed by atoms with Crippen molar-refractivity contribution in [3.8, 4) is 0 Å². The molecule has 1 aliphatic rings. The number of anilines is 2. The van der Waals surface area contributed by atoms with E-state index in [2.05, 4.69) is 10.1 Å². The first kappa shape index (κ1) is 22.0. The monoisotopic (exact) mass is 442 g/mol. The average Bonchev–Trinajstić information content (AvgIpc) is 3.00. The van der Waals surface area contributed by atoms with E-state index in [4.69, 9.17) is 16.3 Å². The van der Waals surface area contributed by atoms with Gasteiger partial charge < -0.3 is 14.8 Å². The van der Waals surface area contributed by atoms with E-state index in [1.807, 2.05) is 6.92 Å². The van der Waals surface area contributed by atoms with E-state index in [0.29, 0.717) is 24.3 Å². The van der Waals surface area contributed by atoms with E-state index < -0.39 is 23.8 Å². The molecule has 3 rings (SSSR count). The highest BCUT2D eigenvalue weighted by Crippen LogP contribution is 2.30. The third-order valence-electron chi connectivity index (χ3n) is 4.38. The molecular formula is C22H19ClN2O6. The first-order valence-electron chi connectivity index (χ1n) is 9.38. The number of carbonyl (C=O) groups is 4. The van der Waals surface area contributed by atoms with E-state index >= 15 is 0 Å². The number of imide groups is 1. The summed E-state index contributed by atoms with van der Waals surface area (Å²) in [5.74, 6) is -2.45. The molecule has 0 aliphatic carbocycles. The predicted molar refractivity (Wildman–Crippen MR) is 114 cm³/mol. The number of amides is 2. The lowest BCUT2D eigenvalue weighted by Crippen LogP contribution is -2.32. The number of nitrogens with zero attached hydrogens (tertiary/aromatic N) is 1. The van der Waals surface area contributed by atoms with Crippen LogP contribution in [-0.4, -0.2) is 37.5 Å². The van der Waals surface area contributed by atoms with Gasteiger partial charge in [0, 0.05) is 5.69 Å². The van der Waals surface area contributed by atoms with Crippen LogP contribution in [0, 0.1) is 0 Å². The molecule has 0 saturated carbocycles. The minimum Gasteiger partial charge on any atom is -0.465 e. The molecule has 0 bridgehead atoms. The second-order valence-corrected chi connectivity index (χ2v) is 6.89. The van der Waals surface area contributed by atoms with Crippen molar-refractivity contribution >= 4 is 46.7 Å². The number of halogens is 1. The van der Waals surface area contributed by atoms with Crippen molar-refractivity contribution in [2.45, 2.75) is 13.3 Å². The van der Waals surface area contributed by atoms with Crippen molar-refractivity contribution < 1.29 is 28.7 Å². The minimum atomic E-state index is -0.726. The highest BCUT2D eigenvalue weighted by molar-refractivity contribution is 6.53. The van der Waals surface area contributed by atoms with Crippen LogP contribution < -0.4 is 10.2 Å². The molecule has 0 aromatic heterocycles. The summed E-state index contributed by atoms with van der Waals surface area (Å²) in [6.45, 7) is 2.22. The van der Waals surface area contributed by atoms with Gasteiger partial charge in [0.25, 0.3) is 11.8 Å². The van der Waals surface area contributed by atoms with Gasteiger partial charge in [-0.2, -0.15) is 0 Å². The minimum absolute atomic E-state index is 0.114. The van der Waals surface area contributed by atoms with E-state index in [9.17, 15) is 19.2 Å². The fraction of sp³-hybridized carbons (Fsp3) is 0.182. The van der Waals surface area contributed by atoms with Crippen LogP contribution in [0.4, 0.5) is 11.4 Å². The Bertz CT molecular complexity index is 1080. The Morgan fingerprint density at radius 1 is 1.00 bits per heavy atom. The van der Waals surface area contributed by atoms with Gasteiger partial charge in [0.2, 0.25) is 0 Å². The maximum atomic E-state index is 12.9. The van der Waals surface area contributed by atoms with Crippen molar-refractivity contribution in [3.05, 3.63) is 70.4 Å². The third-order valence-corrected chi connectivity index (χ3v) is 4.73. The maximum Gasteiger partial charge on any atom is 0.338 e. The van der Waals surface area contributed by atoms with Crippen LogP contribution in [0.2, 0.25) is 0 Å². The van der Waals surface area contributed by atoms with E-state index in [1.165, 1.54) is 43.5 Å². The van der Waals surface area contributed by atoms with Gasteiger partial charge in [0.15, 0.2) is 0 Å². The molecule has 8 nitrogen and oxygen atoms in total. The number of hydrogen-bond acceptors (Lipinski definition) is 7. The Labute approximate surface area is 183 Å². The lowest BCUT2D eigenvalue weighted by Gasteiger charge is -2.16. The van der Waals surface area contributed by atoms with E-state index in [1.54, 1.807) is 12.1 Å². The van der Waals surface area contributed by atoms with Gasteiger partial charge >= 0.3 is 11.9 Å². The Morgan fingerprint density at radius 2 is 1.71 bits per heavy atom. The molecule has 0 radical (unpaired) electrons. The average molecular weight is 443 g/mol. The third kappa shape index (κ3) is 4.59. The second kappa shape index (κ2) is 9.44. The number of nitrogens with one attached hydrogen (secondary N) is 1. The molecule has 1 N–H and O–H groups in total. The van der Waals surface area contributed by atoms with Crippen molar-refractivity contribution in [1.29, 1.82) is 0 Å². The van der Waals surface area contributed by atoms with E-state index in [-0.39, 0.29) is 22.0 Å². The molecule has 1 aliphatic heterocycles. The van der Waals surface area contributed by atoms with Crippen LogP contribution in [0.15, 0.2) is 59.3 Å². The number of ether oxygens (including phenoxy) is 2. The molecule has 0 unspecified atom stereocenters. The Hall–Kier alpha value is -3.65. The standard InChI is InChI=1S/C22H19ClN2O6/c1-3-11-31-22(29)13-7-9-15(10-8-13)24-18-17(23)19(26)25(20(18)27)16-6-4-5-14(12-16)21(28)30-2/h4-10,12,24H,3,11H2,1-2H3. The molecule has 160 valence electrons. The van der Waals surface area contributed by atoms with Crippen LogP contribution in [0.5, 0.6) is 0 Å². The number of hydrogen-bond donors (Lipinski definition) is 1. The molecule has 0 saturated heterocycles. The summed E-state index contributed by atoms with van der Waals surface area (Å²) in [5.41, 5.74) is 1.06. The van der Waals surface area contributed by atoms with Gasteiger partial charge in [0.1, 0.15) is 10.7 Å². The predicted octanol–water partition coefficient (Wildman–Crippen LogP) is 3.48. The van der Waals surface area contributed by atoms with Crippen molar-refractivity contribution in [2.24, 2.45) is 0 Å². The zero-order valence-corrected chi connectivity index (χ0v) is 17.6. The van der Waals surface area contributed by atoms with Crippen LogP contribution >= 0.6 is 11.6 Å². The molecule has 0 spiro atoms. The van der Waals surface area contributed by atoms with Crippen molar-refractivity contribution in [3.63, 3.8) is 0 Å². The first-order chi connectivity index (χ1) is 14.9. The zero-order valence-electron chi connectivity index (χ0n) is 16.8. The van der Waals surface area contributed by atoms with Crippen molar-refractivity contribution in [1.82, 2.24) is 0 Å². The van der Waals surface area contributed by atoms with Gasteiger partial charge in [-0.05, 0) is 48.9 Å². The fourth-order valence-electron chi connectivity index (χ4n) is 2.85. The molecule has 2 aromatic carbocycles.